The molecular formula is C40H47ClN5O6S-. The van der Waals surface area contributed by atoms with Crippen molar-refractivity contribution in [2.24, 2.45) is 22.1 Å². The van der Waals surface area contributed by atoms with Crippen LogP contribution in [0, 0.1) is 17.8 Å². The van der Waals surface area contributed by atoms with Gasteiger partial charge in [-0.3, -0.25) is 9.78 Å². The normalized spacial score (nSPS) is 26.2. The van der Waals surface area contributed by atoms with E-state index in [1.807, 2.05) is 37.3 Å². The van der Waals surface area contributed by atoms with Gasteiger partial charge in [-0.15, -0.1) is 0 Å². The highest BCUT2D eigenvalue weighted by Gasteiger charge is 2.38. The number of likely N-dealkylation sites (tertiary alicyclic amines) is 1. The van der Waals surface area contributed by atoms with E-state index in [9.17, 15) is 13.8 Å². The van der Waals surface area contributed by atoms with Gasteiger partial charge in [0, 0.05) is 37.0 Å². The Bertz CT molecular complexity index is 1900. The van der Waals surface area contributed by atoms with Gasteiger partial charge in [-0.1, -0.05) is 36.7 Å². The maximum Gasteiger partial charge on any atom is 0.316 e. The second-order valence-electron chi connectivity index (χ2n) is 14.5. The molecule has 3 aromatic rings. The van der Waals surface area contributed by atoms with Gasteiger partial charge in [-0.25, -0.2) is 4.79 Å². The number of ether oxygens (including phenoxy) is 3. The van der Waals surface area contributed by atoms with Gasteiger partial charge < -0.3 is 37.9 Å². The van der Waals surface area contributed by atoms with Crippen LogP contribution in [0.3, 0.4) is 0 Å². The molecule has 1 aromatic heterocycles. The number of aryl methyl sites for hydroxylation is 1. The monoisotopic (exact) mass is 760 g/mol. The van der Waals surface area contributed by atoms with Gasteiger partial charge >= 0.3 is 6.03 Å². The van der Waals surface area contributed by atoms with Gasteiger partial charge in [0.1, 0.15) is 17.6 Å². The van der Waals surface area contributed by atoms with Crippen molar-refractivity contribution in [2.75, 3.05) is 38.3 Å². The van der Waals surface area contributed by atoms with E-state index in [4.69, 9.17) is 25.8 Å². The Labute approximate surface area is 318 Å². The zero-order valence-electron chi connectivity index (χ0n) is 30.2. The standard InChI is InChI=1S/C40H47ClN5O6S/c1-26-7-5-10-36(50-2)34-15-12-30(34)23-45-22-29-11-14-31(41)19-27(29)8-3-4-18-51-37-16-13-28(20-35(37)45)38(47)44-53(49)39(26)43-40(48)46-24-33(25-46)52-32-9-6-17-42-21-32/h5-6,9-11,13-14,16-17,19-21,26,30,33-34,36,39H,3-4,7-8,12,15,18,22-25H2,1-2H3,(H,43,48)/q-1/b10-5+/t26-,30-,34+,36-,39?/m0/s1. The highest BCUT2D eigenvalue weighted by molar-refractivity contribution is 7.75. The molecule has 4 heterocycles. The van der Waals surface area contributed by atoms with Crippen molar-refractivity contribution < 1.29 is 28.0 Å². The van der Waals surface area contributed by atoms with Crippen molar-refractivity contribution in [3.63, 3.8) is 0 Å². The number of methoxy groups -OCH3 is 1. The van der Waals surface area contributed by atoms with Crippen LogP contribution in [-0.4, -0.2) is 72.8 Å². The fourth-order valence-electron chi connectivity index (χ4n) is 7.62. The molecule has 1 N–H and O–H groups in total. The summed E-state index contributed by atoms with van der Waals surface area (Å²) in [5.74, 6) is 1.05. The number of nitrogens with one attached hydrogen (secondary N) is 1. The Balaban J connectivity index is 1.19. The number of urea groups is 1. The van der Waals surface area contributed by atoms with Crippen molar-refractivity contribution >= 4 is 39.8 Å². The summed E-state index contributed by atoms with van der Waals surface area (Å²) in [5, 5.41) is 2.74. The predicted octanol–water partition coefficient (Wildman–Crippen LogP) is 7.18. The molecule has 13 heteroatoms. The highest BCUT2D eigenvalue weighted by Crippen LogP contribution is 2.42. The van der Waals surface area contributed by atoms with Crippen LogP contribution in [0.1, 0.15) is 60.5 Å². The third-order valence-corrected chi connectivity index (χ3v) is 12.5. The Morgan fingerprint density at radius 2 is 1.94 bits per heavy atom. The summed E-state index contributed by atoms with van der Waals surface area (Å²) in [6.45, 7) is 4.53. The molecule has 0 radical (unpaired) electrons. The van der Waals surface area contributed by atoms with E-state index in [0.29, 0.717) is 66.6 Å². The van der Waals surface area contributed by atoms with Gasteiger partial charge in [0.05, 0.1) is 37.7 Å². The van der Waals surface area contributed by atoms with Crippen LogP contribution in [0.25, 0.3) is 0 Å². The molecule has 4 aliphatic rings. The summed E-state index contributed by atoms with van der Waals surface area (Å²) in [7, 11) is -0.335. The van der Waals surface area contributed by atoms with Crippen molar-refractivity contribution in [1.82, 2.24) is 15.2 Å². The number of amides is 3. The lowest BCUT2D eigenvalue weighted by Gasteiger charge is -2.43. The molecule has 5 atom stereocenters. The first-order chi connectivity index (χ1) is 25.7. The molecule has 1 saturated heterocycles. The largest absolute Gasteiger partial charge is 0.491 e. The molecular weight excluding hydrogens is 714 g/mol. The van der Waals surface area contributed by atoms with E-state index >= 15 is 0 Å². The van der Waals surface area contributed by atoms with E-state index < -0.39 is 21.9 Å². The SMILES string of the molecule is CO[C@H]1/C=C/C[C@H](C)C(NC(=O)N2CC(Oc3cccnc3)C2)[S-](=O)=NC(=O)c2ccc3c(c2)N(Cc2ccc(Cl)cc2CCCCO3)C[C@@H]2CC[C@H]21. The molecule has 3 aliphatic heterocycles. The molecule has 7 rings (SSSR count). The Kier molecular flexibility index (Phi) is 11.9. The lowest BCUT2D eigenvalue weighted by molar-refractivity contribution is 0.0133. The number of pyridine rings is 1. The van der Waals surface area contributed by atoms with Crippen molar-refractivity contribution in [1.29, 1.82) is 0 Å². The Morgan fingerprint density at radius 3 is 2.72 bits per heavy atom. The van der Waals surface area contributed by atoms with Gasteiger partial charge in [0.2, 0.25) is 0 Å². The first-order valence-corrected chi connectivity index (χ1v) is 20.1. The number of halogens is 1. The molecule has 1 saturated carbocycles. The average molecular weight is 761 g/mol. The number of allylic oxidation sites excluding steroid dienone is 1. The second-order valence-corrected chi connectivity index (χ2v) is 16.2. The minimum absolute atomic E-state index is 0.103. The number of carbonyl (C=O) groups excluding carboxylic acids is 2. The van der Waals surface area contributed by atoms with Crippen LogP contribution in [0.15, 0.2) is 77.4 Å². The minimum atomic E-state index is -2.08. The van der Waals surface area contributed by atoms with E-state index in [0.717, 1.165) is 44.3 Å². The van der Waals surface area contributed by atoms with Crippen LogP contribution in [-0.2, 0) is 32.5 Å². The summed E-state index contributed by atoms with van der Waals surface area (Å²) < 4.78 is 36.5. The number of nitrogens with zero attached hydrogens (tertiary/aromatic N) is 4. The van der Waals surface area contributed by atoms with Gasteiger partial charge in [-0.05, 0) is 115 Å². The number of fused-ring (bicyclic) bond motifs is 3. The zero-order valence-corrected chi connectivity index (χ0v) is 31.8. The molecule has 3 amide bonds. The predicted molar refractivity (Wildman–Crippen MR) is 205 cm³/mol. The number of anilines is 1. The molecule has 11 nitrogen and oxygen atoms in total. The number of carbonyl (C=O) groups is 2. The Hall–Kier alpha value is -4.13. The van der Waals surface area contributed by atoms with Crippen molar-refractivity contribution in [3.05, 3.63) is 94.8 Å². The summed E-state index contributed by atoms with van der Waals surface area (Å²) in [6.07, 6.45) is 12.5. The van der Waals surface area contributed by atoms with Crippen molar-refractivity contribution in [3.8, 4) is 11.5 Å². The van der Waals surface area contributed by atoms with Crippen LogP contribution in [0.4, 0.5) is 10.5 Å². The number of aromatic nitrogens is 1. The first-order valence-electron chi connectivity index (χ1n) is 18.5. The summed E-state index contributed by atoms with van der Waals surface area (Å²) >= 11 is 6.46. The van der Waals surface area contributed by atoms with Gasteiger partial charge in [-0.2, -0.15) is 10.6 Å². The quantitative estimate of drug-likeness (QED) is 0.219. The van der Waals surface area contributed by atoms with Crippen molar-refractivity contribution in [2.45, 2.75) is 69.6 Å². The molecule has 1 unspecified atom stereocenters. The number of rotatable bonds is 4. The lowest BCUT2D eigenvalue weighted by Crippen LogP contribution is -2.60. The number of hydrogen-bond donors (Lipinski definition) is 1. The third-order valence-electron chi connectivity index (χ3n) is 10.9. The fourth-order valence-corrected chi connectivity index (χ4v) is 8.91. The highest BCUT2D eigenvalue weighted by atomic mass is 35.5. The van der Waals surface area contributed by atoms with E-state index in [2.05, 4.69) is 37.8 Å². The number of benzene rings is 2. The summed E-state index contributed by atoms with van der Waals surface area (Å²) in [6, 6.07) is 14.7. The van der Waals surface area contributed by atoms with Gasteiger partial charge in [0.15, 0.2) is 0 Å². The molecule has 282 valence electrons. The third kappa shape index (κ3) is 8.82. The topological polar surface area (TPSA) is 123 Å². The zero-order chi connectivity index (χ0) is 36.9. The van der Waals surface area contributed by atoms with Crippen LogP contribution in [0.2, 0.25) is 5.02 Å². The number of hydrogen-bond acceptors (Lipinski definition) is 9. The fraction of sp³-hybridized carbons (Fsp3) is 0.475. The van der Waals surface area contributed by atoms with Gasteiger partial charge in [0.25, 0.3) is 5.91 Å². The molecule has 53 heavy (non-hydrogen) atoms. The maximum atomic E-state index is 14.0. The molecule has 2 bridgehead atoms. The average Bonchev–Trinajstić information content (AvgIpc) is 3.15. The molecule has 0 spiro atoms. The lowest BCUT2D eigenvalue weighted by atomic mass is 9.70. The van der Waals surface area contributed by atoms with E-state index in [-0.39, 0.29) is 24.2 Å². The first kappa shape index (κ1) is 37.2. The maximum absolute atomic E-state index is 14.0. The molecule has 2 fully saturated rings. The van der Waals surface area contributed by atoms with E-state index in [1.54, 1.807) is 36.5 Å². The molecule has 1 aliphatic carbocycles. The minimum Gasteiger partial charge on any atom is -0.491 e. The van der Waals surface area contributed by atoms with E-state index in [1.165, 1.54) is 11.1 Å². The summed E-state index contributed by atoms with van der Waals surface area (Å²) in [5.41, 5.74) is 3.49. The van der Waals surface area contributed by atoms with Crippen LogP contribution < -0.4 is 19.7 Å². The van der Waals surface area contributed by atoms with Crippen LogP contribution >= 0.6 is 11.6 Å². The second kappa shape index (κ2) is 16.9. The van der Waals surface area contributed by atoms with Crippen LogP contribution in [0.5, 0.6) is 11.5 Å². The molecule has 2 aromatic carbocycles. The Morgan fingerprint density at radius 1 is 1.08 bits per heavy atom. The summed E-state index contributed by atoms with van der Waals surface area (Å²) in [4.78, 5) is 35.2. The smallest absolute Gasteiger partial charge is 0.316 e.